The van der Waals surface area contributed by atoms with Crippen LogP contribution in [0, 0.1) is 10.1 Å². The fourth-order valence-electron chi connectivity index (χ4n) is 3.52. The lowest BCUT2D eigenvalue weighted by Gasteiger charge is -2.27. The van der Waals surface area contributed by atoms with Crippen molar-refractivity contribution in [3.8, 4) is 0 Å². The maximum atomic E-state index is 13.3. The van der Waals surface area contributed by atoms with E-state index in [9.17, 15) is 19.7 Å². The highest BCUT2D eigenvalue weighted by molar-refractivity contribution is 5.97. The van der Waals surface area contributed by atoms with E-state index in [0.717, 1.165) is 18.4 Å². The molecular weight excluding hydrogens is 410 g/mol. The number of non-ortho nitro benzene ring substituents is 1. The molecule has 1 fully saturated rings. The van der Waals surface area contributed by atoms with Crippen LogP contribution in [0.25, 0.3) is 0 Å². The van der Waals surface area contributed by atoms with Gasteiger partial charge in [-0.25, -0.2) is 0 Å². The Morgan fingerprint density at radius 1 is 0.969 bits per heavy atom. The highest BCUT2D eigenvalue weighted by Crippen LogP contribution is 2.29. The zero-order valence-corrected chi connectivity index (χ0v) is 17.4. The monoisotopic (exact) mass is 433 g/mol. The van der Waals surface area contributed by atoms with Gasteiger partial charge >= 0.3 is 0 Å². The molecule has 0 bridgehead atoms. The summed E-state index contributed by atoms with van der Waals surface area (Å²) in [7, 11) is 0. The molecule has 1 saturated carbocycles. The smallest absolute Gasteiger partial charge is 0.269 e. The fourth-order valence-corrected chi connectivity index (χ4v) is 3.52. The molecule has 2 aromatic carbocycles. The van der Waals surface area contributed by atoms with E-state index in [1.165, 1.54) is 24.3 Å². The van der Waals surface area contributed by atoms with Gasteiger partial charge in [0.15, 0.2) is 0 Å². The van der Waals surface area contributed by atoms with Crippen molar-refractivity contribution in [2.75, 3.05) is 6.54 Å². The summed E-state index contributed by atoms with van der Waals surface area (Å²) >= 11 is 0. The lowest BCUT2D eigenvalue weighted by atomic mass is 10.1. The van der Waals surface area contributed by atoms with Gasteiger partial charge < -0.3 is 14.2 Å². The predicted octanol–water partition coefficient (Wildman–Crippen LogP) is 4.02. The van der Waals surface area contributed by atoms with E-state index < -0.39 is 4.92 Å². The van der Waals surface area contributed by atoms with Gasteiger partial charge in [0.1, 0.15) is 12.3 Å². The molecule has 1 aliphatic carbocycles. The fraction of sp³-hybridized carbons (Fsp3) is 0.250. The first-order chi connectivity index (χ1) is 15.5. The molecule has 0 aliphatic heterocycles. The Morgan fingerprint density at radius 3 is 2.28 bits per heavy atom. The van der Waals surface area contributed by atoms with Crippen molar-refractivity contribution in [1.29, 1.82) is 0 Å². The van der Waals surface area contributed by atoms with E-state index in [0.29, 0.717) is 24.4 Å². The van der Waals surface area contributed by atoms with Crippen molar-refractivity contribution in [3.05, 3.63) is 100.0 Å². The lowest BCUT2D eigenvalue weighted by Crippen LogP contribution is -2.43. The van der Waals surface area contributed by atoms with E-state index in [4.69, 9.17) is 4.42 Å². The zero-order valence-electron chi connectivity index (χ0n) is 17.4. The molecule has 0 N–H and O–H groups in total. The average molecular weight is 433 g/mol. The third kappa shape index (κ3) is 5.21. The highest BCUT2D eigenvalue weighted by Gasteiger charge is 2.35. The second kappa shape index (κ2) is 9.47. The molecule has 3 aromatic rings. The number of rotatable bonds is 9. The molecule has 1 aliphatic rings. The number of nitro groups is 1. The number of hydrogen-bond donors (Lipinski definition) is 0. The third-order valence-corrected chi connectivity index (χ3v) is 5.37. The molecule has 0 radical (unpaired) electrons. The standard InChI is InChI=1S/C24H23N3O5/c28-23(25(16-22-7-4-14-32-22)15-18-5-2-1-3-6-18)17-26(20-12-13-20)24(29)19-8-10-21(11-9-19)27(30)31/h1-11,14,20H,12-13,15-17H2. The van der Waals surface area contributed by atoms with Crippen molar-refractivity contribution in [2.24, 2.45) is 0 Å². The van der Waals surface area contributed by atoms with E-state index in [-0.39, 0.29) is 30.1 Å². The molecule has 0 saturated heterocycles. The molecule has 4 rings (SSSR count). The van der Waals surface area contributed by atoms with Gasteiger partial charge in [0, 0.05) is 30.3 Å². The molecule has 8 nitrogen and oxygen atoms in total. The van der Waals surface area contributed by atoms with Gasteiger partial charge in [-0.1, -0.05) is 30.3 Å². The van der Waals surface area contributed by atoms with Gasteiger partial charge in [-0.2, -0.15) is 0 Å². The van der Waals surface area contributed by atoms with Crippen LogP contribution in [0.1, 0.15) is 34.5 Å². The number of nitro benzene ring substituents is 1. The number of carbonyl (C=O) groups is 2. The Balaban J connectivity index is 1.51. The normalized spacial score (nSPS) is 12.9. The molecule has 1 aromatic heterocycles. The van der Waals surface area contributed by atoms with Crippen molar-refractivity contribution >= 4 is 17.5 Å². The number of hydrogen-bond acceptors (Lipinski definition) is 5. The minimum absolute atomic E-state index is 0.00355. The molecule has 164 valence electrons. The lowest BCUT2D eigenvalue weighted by molar-refractivity contribution is -0.384. The van der Waals surface area contributed by atoms with Gasteiger partial charge in [-0.15, -0.1) is 0 Å². The molecule has 0 spiro atoms. The van der Waals surface area contributed by atoms with E-state index >= 15 is 0 Å². The largest absolute Gasteiger partial charge is 0.467 e. The summed E-state index contributed by atoms with van der Waals surface area (Å²) < 4.78 is 5.43. The van der Waals surface area contributed by atoms with Crippen LogP contribution in [0.15, 0.2) is 77.4 Å². The second-order valence-corrected chi connectivity index (χ2v) is 7.78. The summed E-state index contributed by atoms with van der Waals surface area (Å²) in [5.41, 5.74) is 1.23. The van der Waals surface area contributed by atoms with Crippen LogP contribution >= 0.6 is 0 Å². The number of nitrogens with zero attached hydrogens (tertiary/aromatic N) is 3. The Kier molecular flexibility index (Phi) is 6.30. The number of benzene rings is 2. The first kappa shape index (κ1) is 21.3. The van der Waals surface area contributed by atoms with Gasteiger partial charge in [0.05, 0.1) is 17.7 Å². The predicted molar refractivity (Wildman–Crippen MR) is 117 cm³/mol. The van der Waals surface area contributed by atoms with E-state index in [1.807, 2.05) is 36.4 Å². The number of furan rings is 1. The van der Waals surface area contributed by atoms with Crippen LogP contribution < -0.4 is 0 Å². The van der Waals surface area contributed by atoms with Crippen molar-refractivity contribution < 1.29 is 18.9 Å². The van der Waals surface area contributed by atoms with Crippen LogP contribution in [-0.2, 0) is 17.9 Å². The van der Waals surface area contributed by atoms with Gasteiger partial charge in [0.2, 0.25) is 5.91 Å². The van der Waals surface area contributed by atoms with Gasteiger partial charge in [-0.05, 0) is 42.7 Å². The molecule has 32 heavy (non-hydrogen) atoms. The minimum atomic E-state index is -0.507. The average Bonchev–Trinajstić information content (AvgIpc) is 3.52. The molecule has 0 atom stereocenters. The van der Waals surface area contributed by atoms with Crippen LogP contribution in [0.2, 0.25) is 0 Å². The molecule has 0 unspecified atom stereocenters. The highest BCUT2D eigenvalue weighted by atomic mass is 16.6. The Labute approximate surface area is 185 Å². The van der Waals surface area contributed by atoms with Crippen LogP contribution in [0.5, 0.6) is 0 Å². The molecule has 1 heterocycles. The second-order valence-electron chi connectivity index (χ2n) is 7.78. The Hall–Kier alpha value is -3.94. The molecule has 8 heteroatoms. The SMILES string of the molecule is O=C(CN(C(=O)c1ccc([N+](=O)[O-])cc1)C1CC1)N(Cc1ccccc1)Cc1ccco1. The quantitative estimate of drug-likeness (QED) is 0.375. The van der Waals surface area contributed by atoms with Crippen molar-refractivity contribution in [1.82, 2.24) is 9.80 Å². The summed E-state index contributed by atoms with van der Waals surface area (Å²) in [6.45, 7) is 0.629. The summed E-state index contributed by atoms with van der Waals surface area (Å²) in [6, 6.07) is 18.7. The Morgan fingerprint density at radius 2 is 1.69 bits per heavy atom. The zero-order chi connectivity index (χ0) is 22.5. The van der Waals surface area contributed by atoms with Gasteiger partial charge in [0.25, 0.3) is 11.6 Å². The maximum Gasteiger partial charge on any atom is 0.269 e. The van der Waals surface area contributed by atoms with Crippen LogP contribution in [0.3, 0.4) is 0 Å². The third-order valence-electron chi connectivity index (χ3n) is 5.37. The molecular formula is C24H23N3O5. The number of carbonyl (C=O) groups excluding carboxylic acids is 2. The Bertz CT molecular complexity index is 1080. The van der Waals surface area contributed by atoms with Crippen LogP contribution in [0.4, 0.5) is 5.69 Å². The topological polar surface area (TPSA) is 96.9 Å². The van der Waals surface area contributed by atoms with Crippen molar-refractivity contribution in [3.63, 3.8) is 0 Å². The van der Waals surface area contributed by atoms with Crippen LogP contribution in [-0.4, -0.2) is 39.1 Å². The summed E-state index contributed by atoms with van der Waals surface area (Å²) in [5.74, 6) is 0.176. The first-order valence-electron chi connectivity index (χ1n) is 10.4. The summed E-state index contributed by atoms with van der Waals surface area (Å²) in [4.78, 5) is 40.0. The summed E-state index contributed by atoms with van der Waals surface area (Å²) in [6.07, 6.45) is 3.24. The van der Waals surface area contributed by atoms with E-state index in [1.54, 1.807) is 22.1 Å². The summed E-state index contributed by atoms with van der Waals surface area (Å²) in [5, 5.41) is 10.9. The van der Waals surface area contributed by atoms with E-state index in [2.05, 4.69) is 0 Å². The molecule has 2 amide bonds. The maximum absolute atomic E-state index is 13.3. The first-order valence-corrected chi connectivity index (χ1v) is 10.4. The minimum Gasteiger partial charge on any atom is -0.467 e. The number of amides is 2. The van der Waals surface area contributed by atoms with Gasteiger partial charge in [-0.3, -0.25) is 19.7 Å². The van der Waals surface area contributed by atoms with Crippen molar-refractivity contribution in [2.45, 2.75) is 32.0 Å².